The maximum atomic E-state index is 12.9. The zero-order valence-corrected chi connectivity index (χ0v) is 20.0. The molecule has 8 heteroatoms. The van der Waals surface area contributed by atoms with Crippen molar-refractivity contribution in [2.75, 3.05) is 36.4 Å². The van der Waals surface area contributed by atoms with Crippen molar-refractivity contribution in [1.82, 2.24) is 19.4 Å². The topological polar surface area (TPSA) is 83.4 Å². The lowest BCUT2D eigenvalue weighted by atomic mass is 10.1. The SMILES string of the molecule is O=C(Nc1ccc(CC(=O)N2CCN(c3ncccn3)CC2)cc1)c1cccn1Cc1ccccc1. The molecule has 2 amide bonds. The van der Waals surface area contributed by atoms with Gasteiger partial charge in [0.2, 0.25) is 11.9 Å². The third-order valence-corrected chi connectivity index (χ3v) is 6.29. The number of nitrogens with zero attached hydrogens (tertiary/aromatic N) is 5. The highest BCUT2D eigenvalue weighted by molar-refractivity contribution is 6.03. The van der Waals surface area contributed by atoms with Gasteiger partial charge in [-0.25, -0.2) is 9.97 Å². The molecule has 2 aromatic carbocycles. The largest absolute Gasteiger partial charge is 0.339 e. The molecule has 0 aliphatic carbocycles. The molecule has 1 aliphatic rings. The molecule has 5 rings (SSSR count). The lowest BCUT2D eigenvalue weighted by Crippen LogP contribution is -2.49. The maximum absolute atomic E-state index is 12.9. The van der Waals surface area contributed by atoms with E-state index in [1.54, 1.807) is 18.5 Å². The molecule has 0 unspecified atom stereocenters. The smallest absolute Gasteiger partial charge is 0.272 e. The lowest BCUT2D eigenvalue weighted by Gasteiger charge is -2.34. The summed E-state index contributed by atoms with van der Waals surface area (Å²) in [5, 5.41) is 2.96. The molecule has 8 nitrogen and oxygen atoms in total. The van der Waals surface area contributed by atoms with Gasteiger partial charge in [-0.2, -0.15) is 0 Å². The minimum Gasteiger partial charge on any atom is -0.339 e. The third kappa shape index (κ3) is 5.60. The predicted molar refractivity (Wildman–Crippen MR) is 139 cm³/mol. The van der Waals surface area contributed by atoms with Crippen molar-refractivity contribution >= 4 is 23.5 Å². The van der Waals surface area contributed by atoms with Gasteiger partial charge in [-0.3, -0.25) is 9.59 Å². The molecular weight excluding hydrogens is 452 g/mol. The van der Waals surface area contributed by atoms with Crippen LogP contribution < -0.4 is 10.2 Å². The first kappa shape index (κ1) is 23.3. The van der Waals surface area contributed by atoms with Crippen LogP contribution >= 0.6 is 0 Å². The number of hydrogen-bond acceptors (Lipinski definition) is 5. The predicted octanol–water partition coefficient (Wildman–Crippen LogP) is 3.47. The Morgan fingerprint density at radius 3 is 2.22 bits per heavy atom. The van der Waals surface area contributed by atoms with Gasteiger partial charge in [0.25, 0.3) is 5.91 Å². The van der Waals surface area contributed by atoms with E-state index in [1.807, 2.05) is 82.4 Å². The molecule has 1 aliphatic heterocycles. The second kappa shape index (κ2) is 10.9. The molecule has 0 radical (unpaired) electrons. The molecule has 2 aromatic heterocycles. The first-order valence-electron chi connectivity index (χ1n) is 12.0. The van der Waals surface area contributed by atoms with Gasteiger partial charge in [0.1, 0.15) is 5.69 Å². The standard InChI is InChI=1S/C28H28N6O2/c35-26(32-16-18-33(19-17-32)28-29-13-5-14-30-28)20-22-9-11-24(12-10-22)31-27(36)25-8-4-15-34(25)21-23-6-2-1-3-7-23/h1-15H,16-21H2,(H,31,36). The fourth-order valence-corrected chi connectivity index (χ4v) is 4.34. The number of aromatic nitrogens is 3. The number of carbonyl (C=O) groups excluding carboxylic acids is 2. The molecule has 36 heavy (non-hydrogen) atoms. The molecule has 0 atom stereocenters. The highest BCUT2D eigenvalue weighted by atomic mass is 16.2. The van der Waals surface area contributed by atoms with Crippen LogP contribution in [0.1, 0.15) is 21.6 Å². The van der Waals surface area contributed by atoms with Crippen LogP contribution in [-0.4, -0.2) is 57.4 Å². The van der Waals surface area contributed by atoms with E-state index in [4.69, 9.17) is 0 Å². The van der Waals surface area contributed by atoms with Crippen LogP contribution in [0, 0.1) is 0 Å². The Morgan fingerprint density at radius 2 is 1.50 bits per heavy atom. The van der Waals surface area contributed by atoms with Crippen LogP contribution in [0.2, 0.25) is 0 Å². The summed E-state index contributed by atoms with van der Waals surface area (Å²) in [4.78, 5) is 38.3. The fraction of sp³-hybridized carbons (Fsp3) is 0.214. The van der Waals surface area contributed by atoms with E-state index < -0.39 is 0 Å². The molecule has 0 spiro atoms. The Balaban J connectivity index is 1.13. The fourth-order valence-electron chi connectivity index (χ4n) is 4.34. The molecule has 1 fully saturated rings. The normalized spacial score (nSPS) is 13.4. The van der Waals surface area contributed by atoms with Crippen molar-refractivity contribution < 1.29 is 9.59 Å². The Morgan fingerprint density at radius 1 is 0.778 bits per heavy atom. The minimum absolute atomic E-state index is 0.0964. The van der Waals surface area contributed by atoms with Crippen LogP contribution in [0.3, 0.4) is 0 Å². The number of carbonyl (C=O) groups is 2. The van der Waals surface area contributed by atoms with Crippen molar-refractivity contribution in [2.45, 2.75) is 13.0 Å². The van der Waals surface area contributed by atoms with E-state index in [2.05, 4.69) is 20.2 Å². The lowest BCUT2D eigenvalue weighted by molar-refractivity contribution is -0.130. The summed E-state index contributed by atoms with van der Waals surface area (Å²) in [6, 6.07) is 23.0. The summed E-state index contributed by atoms with van der Waals surface area (Å²) in [5.41, 5.74) is 3.34. The summed E-state index contributed by atoms with van der Waals surface area (Å²) < 4.78 is 1.93. The van der Waals surface area contributed by atoms with Crippen LogP contribution in [0.15, 0.2) is 91.4 Å². The molecule has 0 saturated carbocycles. The molecular formula is C28H28N6O2. The Labute approximate surface area is 210 Å². The Hall–Kier alpha value is -4.46. The average Bonchev–Trinajstić information content (AvgIpc) is 3.39. The summed E-state index contributed by atoms with van der Waals surface area (Å²) >= 11 is 0. The van der Waals surface area contributed by atoms with E-state index in [0.29, 0.717) is 56.5 Å². The molecule has 4 aromatic rings. The molecule has 1 N–H and O–H groups in total. The molecule has 1 saturated heterocycles. The van der Waals surface area contributed by atoms with Gasteiger partial charge >= 0.3 is 0 Å². The zero-order chi connectivity index (χ0) is 24.7. The number of nitrogens with one attached hydrogen (secondary N) is 1. The molecule has 0 bridgehead atoms. The number of amides is 2. The zero-order valence-electron chi connectivity index (χ0n) is 20.0. The maximum Gasteiger partial charge on any atom is 0.272 e. The van der Waals surface area contributed by atoms with Crippen molar-refractivity contribution in [3.8, 4) is 0 Å². The summed E-state index contributed by atoms with van der Waals surface area (Å²) in [6.45, 7) is 3.35. The second-order valence-electron chi connectivity index (χ2n) is 8.75. The number of hydrogen-bond donors (Lipinski definition) is 1. The van der Waals surface area contributed by atoms with Crippen LogP contribution in [0.4, 0.5) is 11.6 Å². The van der Waals surface area contributed by atoms with Crippen LogP contribution in [-0.2, 0) is 17.8 Å². The third-order valence-electron chi connectivity index (χ3n) is 6.29. The van der Waals surface area contributed by atoms with Gasteiger partial charge in [-0.15, -0.1) is 0 Å². The quantitative estimate of drug-likeness (QED) is 0.438. The van der Waals surface area contributed by atoms with Crippen molar-refractivity contribution in [3.63, 3.8) is 0 Å². The van der Waals surface area contributed by atoms with Gasteiger partial charge in [-0.05, 0) is 41.5 Å². The second-order valence-corrected chi connectivity index (χ2v) is 8.75. The van der Waals surface area contributed by atoms with Crippen LogP contribution in [0.5, 0.6) is 0 Å². The summed E-state index contributed by atoms with van der Waals surface area (Å²) in [5.74, 6) is 0.633. The van der Waals surface area contributed by atoms with E-state index in [0.717, 1.165) is 11.1 Å². The van der Waals surface area contributed by atoms with Crippen molar-refractivity contribution in [2.24, 2.45) is 0 Å². The minimum atomic E-state index is -0.167. The van der Waals surface area contributed by atoms with E-state index >= 15 is 0 Å². The van der Waals surface area contributed by atoms with Gasteiger partial charge < -0.3 is 19.7 Å². The highest BCUT2D eigenvalue weighted by Gasteiger charge is 2.22. The van der Waals surface area contributed by atoms with E-state index in [-0.39, 0.29) is 11.8 Å². The van der Waals surface area contributed by atoms with Gasteiger partial charge in [-0.1, -0.05) is 42.5 Å². The first-order chi connectivity index (χ1) is 17.7. The van der Waals surface area contributed by atoms with Gasteiger partial charge in [0.05, 0.1) is 6.42 Å². The summed E-state index contributed by atoms with van der Waals surface area (Å²) in [6.07, 6.45) is 5.70. The van der Waals surface area contributed by atoms with Crippen LogP contribution in [0.25, 0.3) is 0 Å². The number of piperazine rings is 1. The van der Waals surface area contributed by atoms with Gasteiger partial charge in [0.15, 0.2) is 0 Å². The number of rotatable bonds is 7. The van der Waals surface area contributed by atoms with Gasteiger partial charge in [0, 0.05) is 57.0 Å². The Bertz CT molecular complexity index is 1300. The number of benzene rings is 2. The van der Waals surface area contributed by atoms with E-state index in [9.17, 15) is 9.59 Å². The molecule has 3 heterocycles. The number of anilines is 2. The molecule has 182 valence electrons. The monoisotopic (exact) mass is 480 g/mol. The average molecular weight is 481 g/mol. The first-order valence-corrected chi connectivity index (χ1v) is 12.0. The Kier molecular flexibility index (Phi) is 7.02. The van der Waals surface area contributed by atoms with Crippen molar-refractivity contribution in [1.29, 1.82) is 0 Å². The highest BCUT2D eigenvalue weighted by Crippen LogP contribution is 2.16. The summed E-state index contributed by atoms with van der Waals surface area (Å²) in [7, 11) is 0. The van der Waals surface area contributed by atoms with E-state index in [1.165, 1.54) is 0 Å². The van der Waals surface area contributed by atoms with Crippen molar-refractivity contribution in [3.05, 3.63) is 108 Å².